The van der Waals surface area contributed by atoms with Crippen LogP contribution < -0.4 is 0 Å². The minimum atomic E-state index is 0.313. The highest BCUT2D eigenvalue weighted by Crippen LogP contribution is 2.13. The number of rotatable bonds is 9. The molecule has 0 rings (SSSR count). The minimum absolute atomic E-state index is 0.313. The number of hydrogen-bond donors (Lipinski definition) is 0. The molecule has 0 aliphatic heterocycles. The lowest BCUT2D eigenvalue weighted by Crippen LogP contribution is -1.97. The Bertz CT molecular complexity index is 236. The molecule has 1 nitrogen and oxygen atoms in total. The first kappa shape index (κ1) is 16.4. The smallest absolute Gasteiger partial charge is 0.155 e. The quantitative estimate of drug-likeness (QED) is 0.507. The molecule has 17 heavy (non-hydrogen) atoms. The second-order valence-corrected chi connectivity index (χ2v) is 6.03. The summed E-state index contributed by atoms with van der Waals surface area (Å²) in [5.41, 5.74) is 1.25. The Morgan fingerprint density at radius 2 is 1.41 bits per heavy atom. The molecule has 0 saturated carbocycles. The fourth-order valence-electron chi connectivity index (χ4n) is 1.89. The van der Waals surface area contributed by atoms with E-state index in [4.69, 9.17) is 0 Å². The molecule has 0 heterocycles. The van der Waals surface area contributed by atoms with Gasteiger partial charge in [-0.3, -0.25) is 4.79 Å². The monoisotopic (exact) mass is 238 g/mol. The summed E-state index contributed by atoms with van der Waals surface area (Å²) in [5.74, 6) is 1.79. The normalized spacial score (nSPS) is 12.5. The van der Waals surface area contributed by atoms with Crippen LogP contribution in [0.25, 0.3) is 0 Å². The fourth-order valence-corrected chi connectivity index (χ4v) is 1.89. The number of hydrogen-bond acceptors (Lipinski definition) is 1. The molecular weight excluding hydrogens is 208 g/mol. The molecule has 1 heteroatoms. The third kappa shape index (κ3) is 11.7. The van der Waals surface area contributed by atoms with Gasteiger partial charge in [0.2, 0.25) is 0 Å². The van der Waals surface area contributed by atoms with E-state index in [0.717, 1.165) is 31.6 Å². The van der Waals surface area contributed by atoms with Gasteiger partial charge in [-0.1, -0.05) is 46.1 Å². The van der Waals surface area contributed by atoms with Gasteiger partial charge in [0.05, 0.1) is 0 Å². The lowest BCUT2D eigenvalue weighted by atomic mass is 10.0. The van der Waals surface area contributed by atoms with Crippen LogP contribution in [0.2, 0.25) is 0 Å². The van der Waals surface area contributed by atoms with Crippen molar-refractivity contribution in [3.05, 3.63) is 11.6 Å². The van der Waals surface area contributed by atoms with E-state index in [-0.39, 0.29) is 0 Å². The molecule has 0 amide bonds. The van der Waals surface area contributed by atoms with Gasteiger partial charge in [0.25, 0.3) is 0 Å². The van der Waals surface area contributed by atoms with E-state index >= 15 is 0 Å². The zero-order valence-electron chi connectivity index (χ0n) is 12.4. The van der Waals surface area contributed by atoms with E-state index in [2.05, 4.69) is 34.6 Å². The van der Waals surface area contributed by atoms with E-state index in [1.807, 2.05) is 6.08 Å². The maximum Gasteiger partial charge on any atom is 0.155 e. The summed E-state index contributed by atoms with van der Waals surface area (Å²) in [6, 6.07) is 0. The topological polar surface area (TPSA) is 17.1 Å². The highest BCUT2D eigenvalue weighted by Gasteiger charge is 2.01. The highest BCUT2D eigenvalue weighted by atomic mass is 16.1. The largest absolute Gasteiger partial charge is 0.295 e. The first-order valence-corrected chi connectivity index (χ1v) is 7.11. The van der Waals surface area contributed by atoms with Gasteiger partial charge >= 0.3 is 0 Å². The standard InChI is InChI=1S/C16H30O/c1-13(2)8-6-10-15(5)12-16(17)11-7-9-14(3)4/h12-14H,6-11H2,1-5H3/b15-12-. The first-order valence-electron chi connectivity index (χ1n) is 7.11. The lowest BCUT2D eigenvalue weighted by molar-refractivity contribution is -0.114. The second-order valence-electron chi connectivity index (χ2n) is 6.03. The van der Waals surface area contributed by atoms with E-state index < -0.39 is 0 Å². The third-order valence-corrected chi connectivity index (χ3v) is 2.96. The Kier molecular flexibility index (Phi) is 9.11. The molecule has 100 valence electrons. The van der Waals surface area contributed by atoms with Crippen LogP contribution in [0.1, 0.15) is 73.1 Å². The Balaban J connectivity index is 3.74. The van der Waals surface area contributed by atoms with Crippen LogP contribution in [0.3, 0.4) is 0 Å². The Morgan fingerprint density at radius 1 is 0.941 bits per heavy atom. The molecule has 0 N–H and O–H groups in total. The van der Waals surface area contributed by atoms with Crippen molar-refractivity contribution in [2.24, 2.45) is 11.8 Å². The van der Waals surface area contributed by atoms with E-state index in [1.165, 1.54) is 18.4 Å². The van der Waals surface area contributed by atoms with Gasteiger partial charge < -0.3 is 0 Å². The van der Waals surface area contributed by atoms with Gasteiger partial charge in [0.1, 0.15) is 0 Å². The molecule has 0 fully saturated rings. The number of ketones is 1. The van der Waals surface area contributed by atoms with Crippen molar-refractivity contribution in [3.8, 4) is 0 Å². The maximum atomic E-state index is 11.7. The van der Waals surface area contributed by atoms with Crippen LogP contribution in [-0.2, 0) is 4.79 Å². The van der Waals surface area contributed by atoms with Gasteiger partial charge in [-0.15, -0.1) is 0 Å². The van der Waals surface area contributed by atoms with E-state index in [0.29, 0.717) is 11.7 Å². The minimum Gasteiger partial charge on any atom is -0.295 e. The molecule has 0 aliphatic rings. The molecule has 0 aromatic heterocycles. The van der Waals surface area contributed by atoms with Gasteiger partial charge in [0, 0.05) is 6.42 Å². The van der Waals surface area contributed by atoms with Crippen molar-refractivity contribution in [2.45, 2.75) is 73.1 Å². The summed E-state index contributed by atoms with van der Waals surface area (Å²) in [7, 11) is 0. The summed E-state index contributed by atoms with van der Waals surface area (Å²) in [4.78, 5) is 11.7. The molecule has 0 spiro atoms. The van der Waals surface area contributed by atoms with Crippen LogP contribution >= 0.6 is 0 Å². The number of carbonyl (C=O) groups is 1. The summed E-state index contributed by atoms with van der Waals surface area (Å²) in [5, 5.41) is 0. The average Bonchev–Trinajstić information content (AvgIpc) is 2.15. The Morgan fingerprint density at radius 3 is 1.88 bits per heavy atom. The SMILES string of the molecule is C/C(=C/C(=O)CCCC(C)C)CCCC(C)C. The van der Waals surface area contributed by atoms with Crippen molar-refractivity contribution in [2.75, 3.05) is 0 Å². The molecular formula is C16H30O. The zero-order valence-corrected chi connectivity index (χ0v) is 12.4. The Labute approximate surface area is 108 Å². The predicted octanol–water partition coefficient (Wildman–Crippen LogP) is 5.15. The number of allylic oxidation sites excluding steroid dienone is 2. The van der Waals surface area contributed by atoms with Crippen LogP contribution in [0.4, 0.5) is 0 Å². The van der Waals surface area contributed by atoms with Gasteiger partial charge in [-0.05, 0) is 44.1 Å². The Hall–Kier alpha value is -0.590. The maximum absolute atomic E-state index is 11.7. The molecule has 0 atom stereocenters. The molecule has 0 unspecified atom stereocenters. The van der Waals surface area contributed by atoms with Crippen molar-refractivity contribution in [1.29, 1.82) is 0 Å². The first-order chi connectivity index (χ1) is 7.91. The lowest BCUT2D eigenvalue weighted by Gasteiger charge is -2.05. The van der Waals surface area contributed by atoms with Crippen molar-refractivity contribution >= 4 is 5.78 Å². The predicted molar refractivity (Wildman–Crippen MR) is 76.1 cm³/mol. The van der Waals surface area contributed by atoms with Crippen LogP contribution in [0.15, 0.2) is 11.6 Å². The van der Waals surface area contributed by atoms with Crippen molar-refractivity contribution < 1.29 is 4.79 Å². The zero-order chi connectivity index (χ0) is 13.3. The molecule has 0 aromatic rings. The average molecular weight is 238 g/mol. The summed E-state index contributed by atoms with van der Waals surface area (Å²) < 4.78 is 0. The second kappa shape index (κ2) is 9.44. The summed E-state index contributed by atoms with van der Waals surface area (Å²) >= 11 is 0. The van der Waals surface area contributed by atoms with Crippen molar-refractivity contribution in [3.63, 3.8) is 0 Å². The molecule has 0 aromatic carbocycles. The summed E-state index contributed by atoms with van der Waals surface area (Å²) in [6.07, 6.45) is 8.32. The van der Waals surface area contributed by atoms with Gasteiger partial charge in [0.15, 0.2) is 5.78 Å². The fraction of sp³-hybridized carbons (Fsp3) is 0.812. The molecule has 0 saturated heterocycles. The van der Waals surface area contributed by atoms with Crippen molar-refractivity contribution in [1.82, 2.24) is 0 Å². The number of carbonyl (C=O) groups excluding carboxylic acids is 1. The summed E-state index contributed by atoms with van der Waals surface area (Å²) in [6.45, 7) is 11.0. The van der Waals surface area contributed by atoms with E-state index in [1.54, 1.807) is 0 Å². The van der Waals surface area contributed by atoms with Crippen LogP contribution in [0.5, 0.6) is 0 Å². The van der Waals surface area contributed by atoms with Crippen LogP contribution in [0, 0.1) is 11.8 Å². The molecule has 0 bridgehead atoms. The van der Waals surface area contributed by atoms with Crippen LogP contribution in [-0.4, -0.2) is 5.78 Å². The highest BCUT2D eigenvalue weighted by molar-refractivity contribution is 5.90. The van der Waals surface area contributed by atoms with Gasteiger partial charge in [-0.2, -0.15) is 0 Å². The van der Waals surface area contributed by atoms with E-state index in [9.17, 15) is 4.79 Å². The third-order valence-electron chi connectivity index (χ3n) is 2.96. The molecule has 0 aliphatic carbocycles. The van der Waals surface area contributed by atoms with Gasteiger partial charge in [-0.25, -0.2) is 0 Å². The molecule has 0 radical (unpaired) electrons.